The normalized spacial score (nSPS) is 11.5. The van der Waals surface area contributed by atoms with Crippen LogP contribution in [0.3, 0.4) is 0 Å². The van der Waals surface area contributed by atoms with Crippen LogP contribution < -0.4 is 22.1 Å². The van der Waals surface area contributed by atoms with Crippen molar-refractivity contribution in [3.63, 3.8) is 0 Å². The molecule has 2 rings (SSSR count). The summed E-state index contributed by atoms with van der Waals surface area (Å²) in [5.74, 6) is 0.124. The molecule has 22 heavy (non-hydrogen) atoms. The van der Waals surface area contributed by atoms with Gasteiger partial charge in [-0.1, -0.05) is 30.3 Å². The number of aromatic nitrogens is 1. The third kappa shape index (κ3) is 3.72. The lowest BCUT2D eigenvalue weighted by Crippen LogP contribution is -2.31. The summed E-state index contributed by atoms with van der Waals surface area (Å²) in [4.78, 5) is 16.0. The van der Waals surface area contributed by atoms with Crippen molar-refractivity contribution in [3.05, 3.63) is 53.7 Å². The van der Waals surface area contributed by atoms with Gasteiger partial charge in [-0.15, -0.1) is 0 Å². The van der Waals surface area contributed by atoms with Crippen LogP contribution in [0, 0.1) is 5.41 Å². The van der Waals surface area contributed by atoms with E-state index in [-0.39, 0.29) is 23.6 Å². The Labute approximate surface area is 128 Å². The lowest BCUT2D eigenvalue weighted by Gasteiger charge is -2.15. The molecule has 0 aliphatic rings. The van der Waals surface area contributed by atoms with Crippen molar-refractivity contribution in [1.82, 2.24) is 10.3 Å². The Morgan fingerprint density at radius 2 is 2.00 bits per heavy atom. The van der Waals surface area contributed by atoms with Crippen LogP contribution in [0.5, 0.6) is 0 Å². The Bertz CT molecular complexity index is 686. The number of carbonyl (C=O) groups excluding carboxylic acids is 1. The van der Waals surface area contributed by atoms with E-state index in [4.69, 9.17) is 16.9 Å². The molecule has 7 heteroatoms. The fraction of sp³-hybridized carbons (Fsp3) is 0.133. The van der Waals surface area contributed by atoms with E-state index in [2.05, 4.69) is 15.6 Å². The molecule has 0 fully saturated rings. The first-order valence-electron chi connectivity index (χ1n) is 6.69. The molecule has 1 aromatic heterocycles. The molecule has 7 nitrogen and oxygen atoms in total. The Balaban J connectivity index is 2.00. The minimum Gasteiger partial charge on any atom is -0.398 e. The van der Waals surface area contributed by atoms with Crippen LogP contribution in [0.2, 0.25) is 0 Å². The number of anilines is 2. The second-order valence-corrected chi connectivity index (χ2v) is 4.80. The monoisotopic (exact) mass is 298 g/mol. The lowest BCUT2D eigenvalue weighted by molar-refractivity contribution is 0.249. The molecule has 2 amide bonds. The Morgan fingerprint density at radius 1 is 1.32 bits per heavy atom. The number of urea groups is 1. The van der Waals surface area contributed by atoms with E-state index in [9.17, 15) is 4.79 Å². The molecule has 2 aromatic rings. The van der Waals surface area contributed by atoms with Gasteiger partial charge in [-0.25, -0.2) is 9.78 Å². The van der Waals surface area contributed by atoms with Crippen LogP contribution in [0.4, 0.5) is 16.3 Å². The fourth-order valence-electron chi connectivity index (χ4n) is 1.94. The molecule has 0 aliphatic carbocycles. The van der Waals surface area contributed by atoms with Crippen molar-refractivity contribution in [3.8, 4) is 0 Å². The molecule has 0 saturated heterocycles. The minimum atomic E-state index is -0.390. The summed E-state index contributed by atoms with van der Waals surface area (Å²) in [6.07, 6.45) is 1.36. The summed E-state index contributed by atoms with van der Waals surface area (Å²) in [6.45, 7) is 1.88. The number of nitrogens with two attached hydrogens (primary N) is 2. The third-order valence-corrected chi connectivity index (χ3v) is 3.11. The maximum atomic E-state index is 12.0. The zero-order valence-corrected chi connectivity index (χ0v) is 12.1. The fourth-order valence-corrected chi connectivity index (χ4v) is 1.94. The van der Waals surface area contributed by atoms with Gasteiger partial charge in [-0.05, 0) is 12.5 Å². The molecule has 114 valence electrons. The smallest absolute Gasteiger partial charge is 0.320 e. The molecule has 0 spiro atoms. The quantitative estimate of drug-likeness (QED) is 0.435. The van der Waals surface area contributed by atoms with Crippen molar-refractivity contribution in [2.75, 3.05) is 11.1 Å². The predicted octanol–water partition coefficient (Wildman–Crippen LogP) is 1.83. The molecule has 0 saturated carbocycles. The first-order chi connectivity index (χ1) is 10.5. The average Bonchev–Trinajstić information content (AvgIpc) is 2.47. The van der Waals surface area contributed by atoms with E-state index in [1.165, 1.54) is 12.3 Å². The molecule has 0 unspecified atom stereocenters. The number of hydrogen-bond donors (Lipinski definition) is 5. The highest BCUT2D eigenvalue weighted by molar-refractivity contribution is 6.00. The first-order valence-corrected chi connectivity index (χ1v) is 6.69. The summed E-state index contributed by atoms with van der Waals surface area (Å²) < 4.78 is 0. The van der Waals surface area contributed by atoms with Gasteiger partial charge < -0.3 is 16.8 Å². The molecule has 0 bridgehead atoms. The van der Waals surface area contributed by atoms with E-state index in [1.54, 1.807) is 0 Å². The van der Waals surface area contributed by atoms with Crippen LogP contribution in [0.25, 0.3) is 0 Å². The molecule has 0 aliphatic heterocycles. The van der Waals surface area contributed by atoms with E-state index >= 15 is 0 Å². The number of nitrogens with one attached hydrogen (secondary N) is 3. The van der Waals surface area contributed by atoms with E-state index in [0.29, 0.717) is 11.4 Å². The molecule has 0 radical (unpaired) electrons. The number of nitrogens with zero attached hydrogens (tertiary/aromatic N) is 1. The maximum Gasteiger partial charge on any atom is 0.320 e. The van der Waals surface area contributed by atoms with Gasteiger partial charge in [0, 0.05) is 18.0 Å². The van der Waals surface area contributed by atoms with Crippen molar-refractivity contribution in [1.29, 1.82) is 5.41 Å². The summed E-state index contributed by atoms with van der Waals surface area (Å²) >= 11 is 0. The number of amides is 2. The average molecular weight is 298 g/mol. The topological polar surface area (TPSA) is 130 Å². The number of benzene rings is 1. The van der Waals surface area contributed by atoms with E-state index in [0.717, 1.165) is 5.56 Å². The molecule has 1 heterocycles. The number of amidine groups is 1. The Kier molecular flexibility index (Phi) is 4.57. The summed E-state index contributed by atoms with van der Waals surface area (Å²) in [6, 6.07) is 10.5. The predicted molar refractivity (Wildman–Crippen MR) is 86.7 cm³/mol. The third-order valence-electron chi connectivity index (χ3n) is 3.11. The highest BCUT2D eigenvalue weighted by Crippen LogP contribution is 2.15. The van der Waals surface area contributed by atoms with Crippen molar-refractivity contribution >= 4 is 23.4 Å². The Hall–Kier alpha value is -3.09. The van der Waals surface area contributed by atoms with Gasteiger partial charge in [0.1, 0.15) is 11.7 Å². The maximum absolute atomic E-state index is 12.0. The summed E-state index contributed by atoms with van der Waals surface area (Å²) in [7, 11) is 0. The summed E-state index contributed by atoms with van der Waals surface area (Å²) in [5.41, 5.74) is 12.7. The SMILES string of the molecule is C[C@@H](NC(=O)Nc1cc(N)c(C(=N)N)cn1)c1ccccc1. The first kappa shape index (κ1) is 15.3. The second kappa shape index (κ2) is 6.57. The van der Waals surface area contributed by atoms with Gasteiger partial charge in [-0.3, -0.25) is 10.7 Å². The summed E-state index contributed by atoms with van der Waals surface area (Å²) in [5, 5.41) is 12.7. The molecular weight excluding hydrogens is 280 g/mol. The van der Waals surface area contributed by atoms with Gasteiger partial charge in [0.2, 0.25) is 0 Å². The highest BCUT2D eigenvalue weighted by atomic mass is 16.2. The van der Waals surface area contributed by atoms with Crippen molar-refractivity contribution < 1.29 is 4.79 Å². The van der Waals surface area contributed by atoms with Gasteiger partial charge in [0.15, 0.2) is 0 Å². The molecule has 1 aromatic carbocycles. The minimum absolute atomic E-state index is 0.143. The standard InChI is InChI=1S/C15H18N6O/c1-9(10-5-3-2-4-6-10)20-15(22)21-13-7-12(16)11(8-19-13)14(17)18/h2-9H,1H3,(H3,17,18)(H4,16,19,20,21,22)/t9-/m1/s1. The number of rotatable bonds is 4. The van der Waals surface area contributed by atoms with E-state index < -0.39 is 0 Å². The van der Waals surface area contributed by atoms with E-state index in [1.807, 2.05) is 37.3 Å². The van der Waals surface area contributed by atoms with Crippen LogP contribution in [0.15, 0.2) is 42.6 Å². The van der Waals surface area contributed by atoms with Crippen molar-refractivity contribution in [2.24, 2.45) is 5.73 Å². The van der Waals surface area contributed by atoms with Gasteiger partial charge in [-0.2, -0.15) is 0 Å². The number of nitrogen functional groups attached to an aromatic ring is 2. The highest BCUT2D eigenvalue weighted by Gasteiger charge is 2.11. The van der Waals surface area contributed by atoms with Crippen LogP contribution in [-0.4, -0.2) is 16.9 Å². The molecule has 7 N–H and O–H groups in total. The van der Waals surface area contributed by atoms with Gasteiger partial charge in [0.05, 0.1) is 11.6 Å². The van der Waals surface area contributed by atoms with Gasteiger partial charge in [0.25, 0.3) is 0 Å². The van der Waals surface area contributed by atoms with Crippen LogP contribution >= 0.6 is 0 Å². The van der Waals surface area contributed by atoms with Crippen LogP contribution in [-0.2, 0) is 0 Å². The zero-order chi connectivity index (χ0) is 16.1. The number of pyridine rings is 1. The van der Waals surface area contributed by atoms with Crippen molar-refractivity contribution in [2.45, 2.75) is 13.0 Å². The largest absolute Gasteiger partial charge is 0.398 e. The number of hydrogen-bond acceptors (Lipinski definition) is 4. The zero-order valence-electron chi connectivity index (χ0n) is 12.1. The molecule has 1 atom stereocenters. The lowest BCUT2D eigenvalue weighted by atomic mass is 10.1. The van der Waals surface area contributed by atoms with Gasteiger partial charge >= 0.3 is 6.03 Å². The number of carbonyl (C=O) groups is 1. The molecular formula is C15H18N6O. The Morgan fingerprint density at radius 3 is 2.59 bits per heavy atom. The second-order valence-electron chi connectivity index (χ2n) is 4.80. The van der Waals surface area contributed by atoms with Crippen LogP contribution in [0.1, 0.15) is 24.1 Å².